The third-order valence-electron chi connectivity index (χ3n) is 7.68. The van der Waals surface area contributed by atoms with Crippen molar-refractivity contribution >= 4 is 29.5 Å². The Morgan fingerprint density at radius 2 is 1.31 bits per heavy atom. The molecular formula is C27H24F12N2O7. The number of halogens is 12. The topological polar surface area (TPSA) is 110 Å². The fourth-order valence-corrected chi connectivity index (χ4v) is 5.15. The summed E-state index contributed by atoms with van der Waals surface area (Å²) in [5, 5.41) is 0. The molecule has 1 aliphatic carbocycles. The molecule has 0 aromatic heterocycles. The Balaban J connectivity index is 2.29. The van der Waals surface area contributed by atoms with E-state index in [-0.39, 0.29) is 31.9 Å². The number of ether oxygens (including phenoxy) is 2. The lowest BCUT2D eigenvalue weighted by atomic mass is 9.72. The lowest BCUT2D eigenvalue weighted by Gasteiger charge is -2.39. The molecule has 268 valence electrons. The number of ketones is 1. The second kappa shape index (κ2) is 13.5. The van der Waals surface area contributed by atoms with Crippen LogP contribution in [0.1, 0.15) is 41.2 Å². The smallest absolute Gasteiger partial charge is 0.463 e. The first-order chi connectivity index (χ1) is 21.9. The Kier molecular flexibility index (Phi) is 10.9. The van der Waals surface area contributed by atoms with Crippen molar-refractivity contribution < 1.29 is 86.1 Å². The fraction of sp³-hybridized carbons (Fsp3) is 0.593. The summed E-state index contributed by atoms with van der Waals surface area (Å²) in [6.07, 6.45) is -18.1. The molecule has 1 saturated carbocycles. The molecule has 0 spiro atoms. The number of alkyl halides is 12. The molecule has 1 saturated heterocycles. The highest BCUT2D eigenvalue weighted by Crippen LogP contribution is 2.47. The van der Waals surface area contributed by atoms with Crippen molar-refractivity contribution in [2.75, 3.05) is 33.4 Å². The summed E-state index contributed by atoms with van der Waals surface area (Å²) in [5.74, 6) is -34.7. The zero-order valence-corrected chi connectivity index (χ0v) is 24.3. The number of hydrogen-bond donors (Lipinski definition) is 0. The van der Waals surface area contributed by atoms with Crippen molar-refractivity contribution in [1.29, 1.82) is 0 Å². The van der Waals surface area contributed by atoms with Crippen LogP contribution < -0.4 is 0 Å². The molecule has 0 N–H and O–H groups in total. The van der Waals surface area contributed by atoms with Gasteiger partial charge in [0.15, 0.2) is 5.78 Å². The van der Waals surface area contributed by atoms with Gasteiger partial charge in [-0.1, -0.05) is 12.1 Å². The van der Waals surface area contributed by atoms with Gasteiger partial charge in [0, 0.05) is 37.4 Å². The molecule has 3 amide bonds. The molecular weight excluding hydrogens is 692 g/mol. The van der Waals surface area contributed by atoms with E-state index < -0.39 is 107 Å². The third kappa shape index (κ3) is 7.54. The summed E-state index contributed by atoms with van der Waals surface area (Å²) in [6, 6.07) is -1.13. The number of rotatable bonds is 8. The predicted molar refractivity (Wildman–Crippen MR) is 133 cm³/mol. The second-order valence-corrected chi connectivity index (χ2v) is 10.8. The van der Waals surface area contributed by atoms with Crippen LogP contribution in [0.3, 0.4) is 0 Å². The third-order valence-corrected chi connectivity index (χ3v) is 7.68. The first kappa shape index (κ1) is 38.5. The predicted octanol–water partition coefficient (Wildman–Crippen LogP) is 4.74. The van der Waals surface area contributed by atoms with E-state index in [0.29, 0.717) is 19.2 Å². The van der Waals surface area contributed by atoms with E-state index in [1.54, 1.807) is 0 Å². The van der Waals surface area contributed by atoms with Gasteiger partial charge in [0.2, 0.25) is 5.92 Å². The Morgan fingerprint density at radius 3 is 1.75 bits per heavy atom. The van der Waals surface area contributed by atoms with Crippen molar-refractivity contribution in [1.82, 2.24) is 9.80 Å². The van der Waals surface area contributed by atoms with E-state index >= 15 is 0 Å². The number of benzene rings is 1. The maximum Gasteiger partial charge on any atom is 0.463 e. The van der Waals surface area contributed by atoms with Gasteiger partial charge in [-0.15, -0.1) is 0 Å². The van der Waals surface area contributed by atoms with Crippen molar-refractivity contribution in [3.63, 3.8) is 0 Å². The van der Waals surface area contributed by atoms with Crippen LogP contribution in [0.4, 0.5) is 52.7 Å². The van der Waals surface area contributed by atoms with Crippen LogP contribution in [-0.4, -0.2) is 103 Å². The zero-order valence-electron chi connectivity index (χ0n) is 24.3. The minimum Gasteiger partial charge on any atom is -0.469 e. The first-order valence-corrected chi connectivity index (χ1v) is 13.6. The van der Waals surface area contributed by atoms with E-state index in [0.717, 1.165) is 12.1 Å². The van der Waals surface area contributed by atoms with E-state index in [1.165, 1.54) is 4.90 Å². The maximum atomic E-state index is 14.4. The van der Waals surface area contributed by atoms with Crippen molar-refractivity contribution in [3.8, 4) is 0 Å². The number of esters is 1. The number of morpholine rings is 1. The van der Waals surface area contributed by atoms with Crippen LogP contribution >= 0.6 is 0 Å². The van der Waals surface area contributed by atoms with E-state index in [4.69, 9.17) is 4.74 Å². The lowest BCUT2D eigenvalue weighted by Crippen LogP contribution is -2.62. The lowest BCUT2D eigenvalue weighted by molar-refractivity contribution is -0.284. The molecule has 0 radical (unpaired) electrons. The van der Waals surface area contributed by atoms with Gasteiger partial charge in [0.25, 0.3) is 5.91 Å². The molecule has 1 unspecified atom stereocenters. The van der Waals surface area contributed by atoms with Crippen LogP contribution in [0.25, 0.3) is 0 Å². The maximum absolute atomic E-state index is 14.4. The van der Waals surface area contributed by atoms with Crippen LogP contribution in [0.5, 0.6) is 0 Å². The van der Waals surface area contributed by atoms with Gasteiger partial charge in [-0.25, -0.2) is 8.78 Å². The van der Waals surface area contributed by atoms with Crippen LogP contribution in [0.15, 0.2) is 24.3 Å². The largest absolute Gasteiger partial charge is 0.469 e. The summed E-state index contributed by atoms with van der Waals surface area (Å²) < 4.78 is 175. The molecule has 1 aliphatic heterocycles. The summed E-state index contributed by atoms with van der Waals surface area (Å²) in [6.45, 7) is 0.252. The van der Waals surface area contributed by atoms with Crippen molar-refractivity contribution in [2.24, 2.45) is 11.8 Å². The monoisotopic (exact) mass is 716 g/mol. The van der Waals surface area contributed by atoms with E-state index in [1.807, 2.05) is 0 Å². The Hall–Kier alpha value is -3.91. The molecule has 3 atom stereocenters. The Bertz CT molecular complexity index is 1370. The van der Waals surface area contributed by atoms with Crippen molar-refractivity contribution in [3.05, 3.63) is 35.4 Å². The van der Waals surface area contributed by atoms with Crippen LogP contribution in [0, 0.1) is 11.8 Å². The number of carbonyl (C=O) groups is 5. The van der Waals surface area contributed by atoms with Crippen LogP contribution in [-0.2, 0) is 28.7 Å². The highest BCUT2D eigenvalue weighted by Gasteiger charge is 2.71. The first-order valence-electron chi connectivity index (χ1n) is 13.6. The molecule has 21 heteroatoms. The van der Waals surface area contributed by atoms with Gasteiger partial charge < -0.3 is 14.4 Å². The summed E-state index contributed by atoms with van der Waals surface area (Å²) >= 11 is 0. The molecule has 2 aliphatic rings. The minimum absolute atomic E-state index is 0.0404. The quantitative estimate of drug-likeness (QED) is 0.283. The number of amides is 3. The fourth-order valence-electron chi connectivity index (χ4n) is 5.15. The van der Waals surface area contributed by atoms with Gasteiger partial charge in [-0.3, -0.25) is 28.9 Å². The standard InChI is InChI=1S/C27H24F12N2O7/c1-47-20(44)16-12-23(28,29)7-6-15(16)18(42)17(13-2-4-14(5-3-13)19(43)40-8-10-48-11-9-40)41(21(45)24(30,31)26(34,35)36)22(46)25(32,33)27(37,38)39/h2-5,15-17H,6-12H2,1H3/t15-,16-,17?/m1/s1. The Labute approximate surface area is 262 Å². The molecule has 2 fully saturated rings. The highest BCUT2D eigenvalue weighted by atomic mass is 19.4. The summed E-state index contributed by atoms with van der Waals surface area (Å²) in [7, 11) is 0.630. The number of Topliss-reactive ketones (excluding diaryl/α,β-unsaturated/α-hetero) is 1. The summed E-state index contributed by atoms with van der Waals surface area (Å²) in [4.78, 5) is 63.7. The van der Waals surface area contributed by atoms with Gasteiger partial charge in [0.1, 0.15) is 6.04 Å². The molecule has 0 bridgehead atoms. The second-order valence-electron chi connectivity index (χ2n) is 10.8. The SMILES string of the molecule is COC(=O)[C@@H]1CC(F)(F)CC[C@H]1C(=O)C(c1ccc(C(=O)N2CCOCC2)cc1)N(C(=O)C(F)(F)C(F)(F)F)C(=O)C(F)(F)C(F)(F)F. The van der Waals surface area contributed by atoms with Gasteiger partial charge in [-0.2, -0.15) is 43.9 Å². The number of imide groups is 1. The van der Waals surface area contributed by atoms with Gasteiger partial charge >= 0.3 is 42.0 Å². The average Bonchev–Trinajstić information content (AvgIpc) is 3.00. The van der Waals surface area contributed by atoms with Gasteiger partial charge in [-0.05, 0) is 24.1 Å². The molecule has 48 heavy (non-hydrogen) atoms. The number of methoxy groups -OCH3 is 1. The van der Waals surface area contributed by atoms with Crippen molar-refractivity contribution in [2.45, 2.75) is 55.4 Å². The number of carbonyl (C=O) groups excluding carboxylic acids is 5. The van der Waals surface area contributed by atoms with E-state index in [2.05, 4.69) is 4.74 Å². The molecule has 9 nitrogen and oxygen atoms in total. The molecule has 3 rings (SSSR count). The molecule has 1 aromatic carbocycles. The number of nitrogens with zero attached hydrogens (tertiary/aromatic N) is 2. The van der Waals surface area contributed by atoms with E-state index in [9.17, 15) is 76.7 Å². The normalized spacial score (nSPS) is 21.2. The average molecular weight is 716 g/mol. The summed E-state index contributed by atoms with van der Waals surface area (Å²) in [5.41, 5.74) is -1.49. The molecule has 1 aromatic rings. The minimum atomic E-state index is -7.03. The van der Waals surface area contributed by atoms with Gasteiger partial charge in [0.05, 0.1) is 26.2 Å². The van der Waals surface area contributed by atoms with Crippen LogP contribution in [0.2, 0.25) is 0 Å². The zero-order chi connectivity index (χ0) is 36.6. The Morgan fingerprint density at radius 1 is 0.833 bits per heavy atom. The molecule has 1 heterocycles. The highest BCUT2D eigenvalue weighted by molar-refractivity contribution is 6.07. The number of hydrogen-bond acceptors (Lipinski definition) is 7.